The van der Waals surface area contributed by atoms with Crippen LogP contribution in [-0.2, 0) is 12.8 Å². The third-order valence-corrected chi connectivity index (χ3v) is 8.90. The number of rotatable bonds is 7. The molecule has 1 aliphatic carbocycles. The van der Waals surface area contributed by atoms with Crippen molar-refractivity contribution in [3.63, 3.8) is 0 Å². The van der Waals surface area contributed by atoms with Gasteiger partial charge in [-0.3, -0.25) is 4.79 Å². The van der Waals surface area contributed by atoms with E-state index in [1.165, 1.54) is 29.0 Å². The zero-order valence-electron chi connectivity index (χ0n) is 21.1. The molecule has 0 unspecified atom stereocenters. The molecule has 1 aliphatic heterocycles. The largest absolute Gasteiger partial charge is 0.396 e. The molecule has 1 fully saturated rings. The van der Waals surface area contributed by atoms with Crippen LogP contribution in [0.4, 0.5) is 0 Å². The number of hydrogen-bond donors (Lipinski definition) is 2. The fourth-order valence-electron chi connectivity index (χ4n) is 5.50. The summed E-state index contributed by atoms with van der Waals surface area (Å²) in [4.78, 5) is 22.4. The number of aliphatic hydroxyl groups excluding tert-OH is 1. The van der Waals surface area contributed by atoms with Crippen LogP contribution in [0.1, 0.15) is 66.1 Å². The van der Waals surface area contributed by atoms with Crippen molar-refractivity contribution < 1.29 is 9.90 Å². The molecule has 1 saturated heterocycles. The Labute approximate surface area is 212 Å². The average molecular weight is 492 g/mol. The Kier molecular flexibility index (Phi) is 6.97. The highest BCUT2D eigenvalue weighted by Crippen LogP contribution is 2.38. The van der Waals surface area contributed by atoms with Gasteiger partial charge in [0.05, 0.1) is 10.9 Å². The van der Waals surface area contributed by atoms with Gasteiger partial charge in [-0.1, -0.05) is 51.1 Å². The maximum atomic E-state index is 13.4. The first-order chi connectivity index (χ1) is 16.8. The van der Waals surface area contributed by atoms with Crippen molar-refractivity contribution in [2.75, 3.05) is 26.2 Å². The molecule has 2 aromatic heterocycles. The van der Waals surface area contributed by atoms with Crippen molar-refractivity contribution in [2.45, 2.75) is 52.5 Å². The second kappa shape index (κ2) is 10.00. The fraction of sp³-hybridized carbons (Fsp3) is 0.517. The third kappa shape index (κ3) is 5.45. The summed E-state index contributed by atoms with van der Waals surface area (Å²) in [6.07, 6.45) is 4.13. The lowest BCUT2D eigenvalue weighted by atomic mass is 9.71. The van der Waals surface area contributed by atoms with Gasteiger partial charge in [-0.25, -0.2) is 4.98 Å². The van der Waals surface area contributed by atoms with E-state index in [0.29, 0.717) is 17.3 Å². The molecule has 5 rings (SSSR count). The zero-order valence-corrected chi connectivity index (χ0v) is 21.9. The minimum Gasteiger partial charge on any atom is -0.396 e. The number of aryl methyl sites for hydroxylation is 1. The van der Waals surface area contributed by atoms with Crippen LogP contribution in [0, 0.1) is 17.3 Å². The second-order valence-corrected chi connectivity index (χ2v) is 12.5. The Morgan fingerprint density at radius 3 is 2.71 bits per heavy atom. The third-order valence-electron chi connectivity index (χ3n) is 7.85. The molecule has 0 radical (unpaired) electrons. The smallest absolute Gasteiger partial charge is 0.261 e. The van der Waals surface area contributed by atoms with Crippen molar-refractivity contribution in [2.24, 2.45) is 17.3 Å². The quantitative estimate of drug-likeness (QED) is 0.475. The van der Waals surface area contributed by atoms with E-state index in [4.69, 9.17) is 4.98 Å². The number of carbonyl (C=O) groups excluding carboxylic acids is 1. The predicted octanol–water partition coefficient (Wildman–Crippen LogP) is 5.23. The molecule has 0 bridgehead atoms. The van der Waals surface area contributed by atoms with E-state index in [-0.39, 0.29) is 18.6 Å². The number of benzene rings is 1. The van der Waals surface area contributed by atoms with Crippen molar-refractivity contribution in [1.29, 1.82) is 0 Å². The number of aliphatic hydroxyl groups is 1. The molecular formula is C29H37N3O2S. The highest BCUT2D eigenvalue weighted by molar-refractivity contribution is 7.20. The van der Waals surface area contributed by atoms with Crippen molar-refractivity contribution >= 4 is 27.5 Å². The van der Waals surface area contributed by atoms with Gasteiger partial charge >= 0.3 is 0 Å². The summed E-state index contributed by atoms with van der Waals surface area (Å²) in [7, 11) is 0. The maximum absolute atomic E-state index is 13.4. The van der Waals surface area contributed by atoms with Crippen LogP contribution in [0.25, 0.3) is 10.2 Å². The molecule has 35 heavy (non-hydrogen) atoms. The number of aromatic nitrogens is 1. The van der Waals surface area contributed by atoms with Gasteiger partial charge < -0.3 is 15.3 Å². The lowest BCUT2D eigenvalue weighted by Crippen LogP contribution is -2.49. The monoisotopic (exact) mass is 491 g/mol. The Hall–Kier alpha value is -2.28. The molecule has 3 aromatic rings. The molecule has 0 saturated carbocycles. The van der Waals surface area contributed by atoms with E-state index in [9.17, 15) is 9.90 Å². The van der Waals surface area contributed by atoms with Gasteiger partial charge in [0, 0.05) is 43.2 Å². The number of thiophene rings is 1. The molecule has 1 aromatic carbocycles. The number of nitrogens with zero attached hydrogens (tertiary/aromatic N) is 2. The van der Waals surface area contributed by atoms with Crippen LogP contribution >= 0.6 is 11.3 Å². The fourth-order valence-corrected chi connectivity index (χ4v) is 6.44. The summed E-state index contributed by atoms with van der Waals surface area (Å²) in [5.41, 5.74) is 3.99. The van der Waals surface area contributed by atoms with Crippen molar-refractivity contribution in [3.8, 4) is 0 Å². The standard InChI is InChI=1S/C29H37N3O2S/c1-29(2,3)23-9-10-24-21(14-23)13-22-15-26(35-28(22)31-24)27(34)30-25(20-7-5-4-6-8-20)11-12-32-16-19(17-32)18-33/h4-8,13,15,19,23,25,33H,9-12,14,16-18H2,1-3H3,(H,30,34)/t23-,25+/m0/s1. The SMILES string of the molecule is CC(C)(C)[C@H]1CCc2nc3sc(C(=O)N[C@H](CCN4CC(CO)C4)c4ccccc4)cc3cc2C1. The molecule has 2 atom stereocenters. The number of hydrogen-bond acceptors (Lipinski definition) is 5. The topological polar surface area (TPSA) is 65.5 Å². The number of carbonyl (C=O) groups is 1. The minimum atomic E-state index is -0.0456. The molecule has 0 spiro atoms. The highest BCUT2D eigenvalue weighted by atomic mass is 32.1. The van der Waals surface area contributed by atoms with Gasteiger partial charge in [-0.2, -0.15) is 0 Å². The summed E-state index contributed by atoms with van der Waals surface area (Å²) < 4.78 is 0. The Morgan fingerprint density at radius 2 is 2.00 bits per heavy atom. The normalized spacial score (nSPS) is 19.8. The van der Waals surface area contributed by atoms with Crippen LogP contribution in [0.5, 0.6) is 0 Å². The molecule has 1 amide bonds. The van der Waals surface area contributed by atoms with Gasteiger partial charge in [0.1, 0.15) is 4.83 Å². The van der Waals surface area contributed by atoms with Gasteiger partial charge in [-0.15, -0.1) is 11.3 Å². The van der Waals surface area contributed by atoms with Gasteiger partial charge in [0.2, 0.25) is 0 Å². The second-order valence-electron chi connectivity index (χ2n) is 11.4. The molecule has 6 heteroatoms. The lowest BCUT2D eigenvalue weighted by Gasteiger charge is -2.39. The van der Waals surface area contributed by atoms with E-state index in [2.05, 4.69) is 49.2 Å². The Morgan fingerprint density at radius 1 is 1.23 bits per heavy atom. The summed E-state index contributed by atoms with van der Waals surface area (Å²) >= 11 is 1.50. The lowest BCUT2D eigenvalue weighted by molar-refractivity contribution is 0.0506. The molecular weight excluding hydrogens is 454 g/mol. The van der Waals surface area contributed by atoms with Crippen LogP contribution < -0.4 is 5.32 Å². The molecule has 3 heterocycles. The summed E-state index contributed by atoms with van der Waals surface area (Å²) in [6, 6.07) is 14.5. The predicted molar refractivity (Wildman–Crippen MR) is 143 cm³/mol. The van der Waals surface area contributed by atoms with Gasteiger partial charge in [-0.05, 0) is 60.3 Å². The van der Waals surface area contributed by atoms with E-state index in [1.54, 1.807) is 0 Å². The number of pyridine rings is 1. The van der Waals surface area contributed by atoms with Crippen LogP contribution in [0.3, 0.4) is 0 Å². The van der Waals surface area contributed by atoms with Crippen molar-refractivity contribution in [1.82, 2.24) is 15.2 Å². The van der Waals surface area contributed by atoms with E-state index < -0.39 is 0 Å². The van der Waals surface area contributed by atoms with Crippen LogP contribution in [0.15, 0.2) is 42.5 Å². The molecule has 2 aliphatic rings. The first kappa shape index (κ1) is 24.4. The van der Waals surface area contributed by atoms with E-state index in [1.807, 2.05) is 24.3 Å². The maximum Gasteiger partial charge on any atom is 0.261 e. The number of amides is 1. The average Bonchev–Trinajstić information content (AvgIpc) is 3.23. The molecule has 2 N–H and O–H groups in total. The first-order valence-electron chi connectivity index (χ1n) is 12.9. The highest BCUT2D eigenvalue weighted by Gasteiger charge is 2.30. The summed E-state index contributed by atoms with van der Waals surface area (Å²) in [5.74, 6) is 1.04. The van der Waals surface area contributed by atoms with Crippen molar-refractivity contribution in [3.05, 3.63) is 64.2 Å². The van der Waals surface area contributed by atoms with Gasteiger partial charge in [0.25, 0.3) is 5.91 Å². The molecule has 5 nitrogen and oxygen atoms in total. The zero-order chi connectivity index (χ0) is 24.6. The van der Waals surface area contributed by atoms with E-state index >= 15 is 0 Å². The summed E-state index contributed by atoms with van der Waals surface area (Å²) in [5, 5.41) is 13.7. The first-order valence-corrected chi connectivity index (χ1v) is 13.7. The Bertz CT molecular complexity index is 1180. The minimum absolute atomic E-state index is 0.0239. The van der Waals surface area contributed by atoms with Gasteiger partial charge in [0.15, 0.2) is 0 Å². The Balaban J connectivity index is 1.31. The molecule has 186 valence electrons. The van der Waals surface area contributed by atoms with Crippen LogP contribution in [-0.4, -0.2) is 47.1 Å². The van der Waals surface area contributed by atoms with E-state index in [0.717, 1.165) is 59.6 Å². The van der Waals surface area contributed by atoms with Crippen LogP contribution in [0.2, 0.25) is 0 Å². The number of nitrogens with one attached hydrogen (secondary N) is 1. The summed E-state index contributed by atoms with van der Waals surface area (Å²) in [6.45, 7) is 10.0. The number of fused-ring (bicyclic) bond motifs is 2. The number of likely N-dealkylation sites (tertiary alicyclic amines) is 1.